The molecule has 2 heterocycles. The quantitative estimate of drug-likeness (QED) is 0.714. The van der Waals surface area contributed by atoms with Crippen molar-refractivity contribution >= 4 is 5.69 Å². The van der Waals surface area contributed by atoms with Crippen LogP contribution in [0, 0.1) is 12.7 Å². The first kappa shape index (κ1) is 23.0. The molecule has 0 radical (unpaired) electrons. The number of β-amino-alcohol motifs (C(OH)–C–C–N with tert-alkyl or cyclic N) is 2. The Kier molecular flexibility index (Phi) is 7.00. The standard InChI is InChI=1S/C25H33FN2O4/c1-20-5-2-3-8-23(20)28-11-9-24(29,10-12-28)16-27-13-14-31-18-25(30,17-27)19-32-22-7-4-6-21(26)15-22/h2-8,15,29-30H,9-14,16-19H2,1H3/t25-/m0/s1. The number of hydrogen-bond donors (Lipinski definition) is 2. The van der Waals surface area contributed by atoms with E-state index in [2.05, 4.69) is 28.9 Å². The van der Waals surface area contributed by atoms with Crippen molar-refractivity contribution in [2.75, 3.05) is 57.4 Å². The number of ether oxygens (including phenoxy) is 2. The zero-order chi connectivity index (χ0) is 22.6. The van der Waals surface area contributed by atoms with Crippen molar-refractivity contribution in [3.8, 4) is 5.75 Å². The van der Waals surface area contributed by atoms with Gasteiger partial charge in [0.15, 0.2) is 0 Å². The molecule has 6 nitrogen and oxygen atoms in total. The number of halogens is 1. The van der Waals surface area contributed by atoms with Gasteiger partial charge in [0.05, 0.1) is 18.8 Å². The molecule has 2 aliphatic rings. The van der Waals surface area contributed by atoms with E-state index in [4.69, 9.17) is 9.47 Å². The summed E-state index contributed by atoms with van der Waals surface area (Å²) in [6, 6.07) is 14.2. The largest absolute Gasteiger partial charge is 0.490 e. The van der Waals surface area contributed by atoms with E-state index in [1.165, 1.54) is 23.4 Å². The lowest BCUT2D eigenvalue weighted by molar-refractivity contribution is -0.0742. The Labute approximate surface area is 189 Å². The van der Waals surface area contributed by atoms with Gasteiger partial charge in [-0.3, -0.25) is 4.90 Å². The van der Waals surface area contributed by atoms with Crippen LogP contribution >= 0.6 is 0 Å². The number of aliphatic hydroxyl groups is 2. The van der Waals surface area contributed by atoms with E-state index in [0.717, 1.165) is 13.1 Å². The zero-order valence-electron chi connectivity index (χ0n) is 18.7. The third kappa shape index (κ3) is 5.78. The lowest BCUT2D eigenvalue weighted by Crippen LogP contribution is -2.55. The Morgan fingerprint density at radius 3 is 2.56 bits per heavy atom. The summed E-state index contributed by atoms with van der Waals surface area (Å²) in [5.74, 6) is -0.0103. The van der Waals surface area contributed by atoms with Crippen LogP contribution in [-0.4, -0.2) is 78.9 Å². The van der Waals surface area contributed by atoms with Crippen LogP contribution in [0.2, 0.25) is 0 Å². The van der Waals surface area contributed by atoms with Crippen LogP contribution in [-0.2, 0) is 4.74 Å². The minimum Gasteiger partial charge on any atom is -0.490 e. The molecule has 2 aromatic rings. The number of piperidine rings is 1. The molecule has 2 aliphatic heterocycles. The number of aryl methyl sites for hydroxylation is 1. The van der Waals surface area contributed by atoms with E-state index in [-0.39, 0.29) is 19.0 Å². The molecule has 0 aliphatic carbocycles. The third-order valence-electron chi connectivity index (χ3n) is 6.41. The highest BCUT2D eigenvalue weighted by Gasteiger charge is 2.39. The number of anilines is 1. The van der Waals surface area contributed by atoms with Crippen LogP contribution in [0.1, 0.15) is 18.4 Å². The molecule has 32 heavy (non-hydrogen) atoms. The Bertz CT molecular complexity index is 903. The van der Waals surface area contributed by atoms with Crippen molar-refractivity contribution in [1.82, 2.24) is 4.90 Å². The molecular formula is C25H33FN2O4. The third-order valence-corrected chi connectivity index (χ3v) is 6.41. The monoisotopic (exact) mass is 444 g/mol. The summed E-state index contributed by atoms with van der Waals surface area (Å²) in [6.45, 7) is 5.73. The van der Waals surface area contributed by atoms with Gasteiger partial charge in [0.1, 0.15) is 23.8 Å². The van der Waals surface area contributed by atoms with Gasteiger partial charge in [-0.15, -0.1) is 0 Å². The molecule has 0 spiro atoms. The van der Waals surface area contributed by atoms with E-state index in [1.54, 1.807) is 12.1 Å². The second kappa shape index (κ2) is 9.75. The van der Waals surface area contributed by atoms with Gasteiger partial charge in [-0.1, -0.05) is 24.3 Å². The topological polar surface area (TPSA) is 65.4 Å². The van der Waals surface area contributed by atoms with Gasteiger partial charge in [-0.25, -0.2) is 4.39 Å². The lowest BCUT2D eigenvalue weighted by atomic mass is 9.89. The Morgan fingerprint density at radius 2 is 1.81 bits per heavy atom. The molecule has 0 bridgehead atoms. The first-order valence-corrected chi connectivity index (χ1v) is 11.3. The van der Waals surface area contributed by atoms with Crippen molar-refractivity contribution < 1.29 is 24.1 Å². The first-order valence-electron chi connectivity index (χ1n) is 11.3. The molecule has 0 unspecified atom stereocenters. The van der Waals surface area contributed by atoms with Crippen molar-refractivity contribution in [2.24, 2.45) is 0 Å². The fourth-order valence-corrected chi connectivity index (χ4v) is 4.65. The van der Waals surface area contributed by atoms with E-state index in [1.807, 2.05) is 12.1 Å². The van der Waals surface area contributed by atoms with Crippen molar-refractivity contribution in [3.05, 3.63) is 59.9 Å². The Balaban J connectivity index is 1.34. The molecule has 0 aromatic heterocycles. The van der Waals surface area contributed by atoms with Crippen LogP contribution in [0.5, 0.6) is 5.75 Å². The van der Waals surface area contributed by atoms with Gasteiger partial charge in [0, 0.05) is 44.5 Å². The van der Waals surface area contributed by atoms with Crippen LogP contribution in [0.25, 0.3) is 0 Å². The maximum Gasteiger partial charge on any atom is 0.134 e. The summed E-state index contributed by atoms with van der Waals surface area (Å²) < 4.78 is 24.7. The van der Waals surface area contributed by atoms with Crippen LogP contribution in [0.15, 0.2) is 48.5 Å². The van der Waals surface area contributed by atoms with Crippen molar-refractivity contribution in [2.45, 2.75) is 31.0 Å². The summed E-state index contributed by atoms with van der Waals surface area (Å²) >= 11 is 0. The second-order valence-electron chi connectivity index (χ2n) is 9.23. The number of benzene rings is 2. The van der Waals surface area contributed by atoms with E-state index >= 15 is 0 Å². The second-order valence-corrected chi connectivity index (χ2v) is 9.23. The lowest BCUT2D eigenvalue weighted by Gasteiger charge is -2.42. The molecule has 0 saturated carbocycles. The predicted octanol–water partition coefficient (Wildman–Crippen LogP) is 2.61. The van der Waals surface area contributed by atoms with Gasteiger partial charge in [-0.05, 0) is 43.5 Å². The fourth-order valence-electron chi connectivity index (χ4n) is 4.65. The highest BCUT2D eigenvalue weighted by atomic mass is 19.1. The van der Waals surface area contributed by atoms with Crippen LogP contribution in [0.4, 0.5) is 10.1 Å². The van der Waals surface area contributed by atoms with E-state index in [0.29, 0.717) is 44.8 Å². The molecule has 1 atom stereocenters. The predicted molar refractivity (Wildman–Crippen MR) is 122 cm³/mol. The SMILES string of the molecule is Cc1ccccc1N1CCC(O)(CN2CCOC[C@](O)(COc3cccc(F)c3)C2)CC1. The van der Waals surface area contributed by atoms with Gasteiger partial charge >= 0.3 is 0 Å². The minimum atomic E-state index is -1.24. The molecule has 4 rings (SSSR count). The number of rotatable bonds is 6. The maximum absolute atomic E-state index is 13.4. The van der Waals surface area contributed by atoms with Gasteiger partial charge in [-0.2, -0.15) is 0 Å². The molecule has 7 heteroatoms. The molecule has 2 N–H and O–H groups in total. The molecule has 2 fully saturated rings. The molecular weight excluding hydrogens is 411 g/mol. The first-order chi connectivity index (χ1) is 15.3. The summed E-state index contributed by atoms with van der Waals surface area (Å²) in [5.41, 5.74) is 0.419. The number of hydrogen-bond acceptors (Lipinski definition) is 6. The average Bonchev–Trinajstić information content (AvgIpc) is 2.95. The van der Waals surface area contributed by atoms with Gasteiger partial charge < -0.3 is 24.6 Å². The summed E-state index contributed by atoms with van der Waals surface area (Å²) in [6.07, 6.45) is 1.33. The minimum absolute atomic E-state index is 0.00750. The Morgan fingerprint density at radius 1 is 1.03 bits per heavy atom. The van der Waals surface area contributed by atoms with Crippen LogP contribution in [0.3, 0.4) is 0 Å². The van der Waals surface area contributed by atoms with Crippen molar-refractivity contribution in [1.29, 1.82) is 0 Å². The molecule has 0 amide bonds. The van der Waals surface area contributed by atoms with E-state index in [9.17, 15) is 14.6 Å². The van der Waals surface area contributed by atoms with Gasteiger partial charge in [0.25, 0.3) is 0 Å². The van der Waals surface area contributed by atoms with Crippen molar-refractivity contribution in [3.63, 3.8) is 0 Å². The molecule has 174 valence electrons. The highest BCUT2D eigenvalue weighted by molar-refractivity contribution is 5.53. The summed E-state index contributed by atoms with van der Waals surface area (Å²) in [7, 11) is 0. The smallest absolute Gasteiger partial charge is 0.134 e. The number of para-hydroxylation sites is 1. The van der Waals surface area contributed by atoms with Crippen LogP contribution < -0.4 is 9.64 Å². The van der Waals surface area contributed by atoms with Gasteiger partial charge in [0.2, 0.25) is 0 Å². The Hall–Kier alpha value is -2.19. The average molecular weight is 445 g/mol. The normalized spacial score (nSPS) is 24.2. The number of nitrogens with zero attached hydrogens (tertiary/aromatic N) is 2. The van der Waals surface area contributed by atoms with E-state index < -0.39 is 11.2 Å². The summed E-state index contributed by atoms with van der Waals surface area (Å²) in [4.78, 5) is 4.39. The highest BCUT2D eigenvalue weighted by Crippen LogP contribution is 2.29. The fraction of sp³-hybridized carbons (Fsp3) is 0.520. The maximum atomic E-state index is 13.4. The summed E-state index contributed by atoms with van der Waals surface area (Å²) in [5, 5.41) is 22.4. The molecule has 2 aromatic carbocycles. The molecule has 2 saturated heterocycles. The zero-order valence-corrected chi connectivity index (χ0v) is 18.7.